The Balaban J connectivity index is 3.26. The average Bonchev–Trinajstić information content (AvgIpc) is 4.17. The van der Waals surface area contributed by atoms with E-state index in [1.807, 2.05) is 13.8 Å². The van der Waals surface area contributed by atoms with Crippen molar-refractivity contribution >= 4 is 114 Å². The number of hydrogen-bond donors (Lipinski definition) is 18. The first-order valence-corrected chi connectivity index (χ1v) is 30.0. The standard InChI is InChI=1S/C50H89N15O15S3/c1-25(2)19-31(41(71)56-22-37(67)57-34(23-81)45(75)59-30(49(79)80)14-18-83-6)61-44(74)33(21-38(68)69)62-47(77)39(27(5)66)64-42(72)29(12-7-8-15-51)58-46(76)36-13-10-17-65(36)48(78)35(24-82)63-43(73)32(20-26(3)4)60-40(70)28(52)11-9-16-55-50(53)54/h25-36,39,66,81-82H,7-24,51-52H2,1-6H3,(H,56,71)(H,57,67)(H,58,76)(H,59,75)(H,60,70)(H,61,74)(H,62,77)(H,63,73)(H,64,72)(H,68,69)(H,79,80)(H4,53,54,55)/t27-,28+,29+,30+,31+,32+,33+,34+,35+,36+,39+/m1/s1. The molecule has 1 heterocycles. The molecule has 1 aliphatic rings. The number of aliphatic imine (C=N–C) groups is 1. The Morgan fingerprint density at radius 2 is 1.18 bits per heavy atom. The van der Waals surface area contributed by atoms with Crippen LogP contribution in [0.3, 0.4) is 0 Å². The molecule has 1 aliphatic heterocycles. The van der Waals surface area contributed by atoms with Gasteiger partial charge in [0.05, 0.1) is 25.1 Å². The van der Waals surface area contributed by atoms with E-state index < -0.39 is 150 Å². The summed E-state index contributed by atoms with van der Waals surface area (Å²) in [6.45, 7) is 7.94. The lowest BCUT2D eigenvalue weighted by Crippen LogP contribution is -2.62. The number of aliphatic hydroxyl groups excluding tert-OH is 1. The van der Waals surface area contributed by atoms with Crippen molar-refractivity contribution < 1.29 is 72.9 Å². The van der Waals surface area contributed by atoms with Crippen LogP contribution in [-0.4, -0.2) is 213 Å². The number of thiol groups is 2. The zero-order valence-electron chi connectivity index (χ0n) is 48.0. The molecule has 1 fully saturated rings. The van der Waals surface area contributed by atoms with E-state index in [2.05, 4.69) is 78.1 Å². The maximum atomic E-state index is 14.1. The number of nitrogens with zero attached hydrogens (tertiary/aromatic N) is 2. The van der Waals surface area contributed by atoms with Gasteiger partial charge in [0.25, 0.3) is 0 Å². The number of carbonyl (C=O) groups excluding carboxylic acids is 10. The number of rotatable bonds is 40. The third kappa shape index (κ3) is 28.3. The molecule has 0 bridgehead atoms. The molecular weight excluding hydrogens is 1150 g/mol. The summed E-state index contributed by atoms with van der Waals surface area (Å²) in [5.41, 5.74) is 22.5. The highest BCUT2D eigenvalue weighted by Gasteiger charge is 2.41. The number of nitrogens with two attached hydrogens (primary N) is 4. The van der Waals surface area contributed by atoms with Gasteiger partial charge in [0.1, 0.15) is 54.4 Å². The Hall–Kier alpha value is -6.16. The van der Waals surface area contributed by atoms with Gasteiger partial charge in [0.15, 0.2) is 5.96 Å². The van der Waals surface area contributed by atoms with Crippen molar-refractivity contribution in [1.82, 2.24) is 52.8 Å². The average molecular weight is 1240 g/mol. The van der Waals surface area contributed by atoms with Crippen molar-refractivity contribution in [2.45, 2.75) is 172 Å². The van der Waals surface area contributed by atoms with E-state index in [1.54, 1.807) is 20.1 Å². The molecule has 472 valence electrons. The fourth-order valence-corrected chi connectivity index (χ4v) is 9.37. The fraction of sp³-hybridized carbons (Fsp3) is 0.740. The number of carboxylic acids is 2. The van der Waals surface area contributed by atoms with Crippen LogP contribution in [0.25, 0.3) is 0 Å². The van der Waals surface area contributed by atoms with Crippen molar-refractivity contribution in [3.8, 4) is 0 Å². The number of hydrogen-bond acceptors (Lipinski definition) is 19. The first-order chi connectivity index (χ1) is 39.0. The van der Waals surface area contributed by atoms with Crippen molar-refractivity contribution in [2.24, 2.45) is 39.8 Å². The van der Waals surface area contributed by atoms with E-state index in [0.717, 1.165) is 6.92 Å². The van der Waals surface area contributed by atoms with Crippen molar-refractivity contribution in [3.05, 3.63) is 0 Å². The minimum atomic E-state index is -1.92. The van der Waals surface area contributed by atoms with E-state index in [0.29, 0.717) is 25.0 Å². The summed E-state index contributed by atoms with van der Waals surface area (Å²) in [6.07, 6.45) is 0.921. The second kappa shape index (κ2) is 39.4. The minimum Gasteiger partial charge on any atom is -0.481 e. The summed E-state index contributed by atoms with van der Waals surface area (Å²) in [4.78, 5) is 165. The molecule has 20 N–H and O–H groups in total. The van der Waals surface area contributed by atoms with Crippen LogP contribution in [-0.2, 0) is 57.5 Å². The molecule has 0 aromatic rings. The van der Waals surface area contributed by atoms with Crippen molar-refractivity contribution in [2.75, 3.05) is 49.7 Å². The Labute approximate surface area is 498 Å². The van der Waals surface area contributed by atoms with Gasteiger partial charge in [-0.3, -0.25) is 57.7 Å². The van der Waals surface area contributed by atoms with E-state index >= 15 is 0 Å². The number of likely N-dealkylation sites (tertiary alicyclic amines) is 1. The second-order valence-electron chi connectivity index (χ2n) is 20.8. The molecule has 0 aliphatic carbocycles. The summed E-state index contributed by atoms with van der Waals surface area (Å²) in [7, 11) is 0. The summed E-state index contributed by atoms with van der Waals surface area (Å²) in [6, 6.07) is -13.7. The first kappa shape index (κ1) is 74.9. The maximum absolute atomic E-state index is 14.1. The van der Waals surface area contributed by atoms with Crippen LogP contribution >= 0.6 is 37.0 Å². The summed E-state index contributed by atoms with van der Waals surface area (Å²) < 4.78 is 0. The highest BCUT2D eigenvalue weighted by Crippen LogP contribution is 2.20. The summed E-state index contributed by atoms with van der Waals surface area (Å²) in [5, 5.41) is 52.0. The first-order valence-electron chi connectivity index (χ1n) is 27.4. The summed E-state index contributed by atoms with van der Waals surface area (Å²) >= 11 is 9.75. The lowest BCUT2D eigenvalue weighted by atomic mass is 10.0. The smallest absolute Gasteiger partial charge is 0.326 e. The van der Waals surface area contributed by atoms with Crippen LogP contribution in [0.5, 0.6) is 0 Å². The van der Waals surface area contributed by atoms with Crippen LogP contribution in [0.2, 0.25) is 0 Å². The third-order valence-corrected chi connectivity index (χ3v) is 14.1. The van der Waals surface area contributed by atoms with Crippen molar-refractivity contribution in [3.63, 3.8) is 0 Å². The molecule has 0 spiro atoms. The monoisotopic (exact) mass is 1240 g/mol. The summed E-state index contributed by atoms with van der Waals surface area (Å²) in [5.74, 6) is -12.2. The zero-order valence-corrected chi connectivity index (χ0v) is 50.6. The van der Waals surface area contributed by atoms with Crippen LogP contribution in [0.1, 0.15) is 105 Å². The van der Waals surface area contributed by atoms with E-state index in [4.69, 9.17) is 22.9 Å². The molecule has 10 amide bonds. The molecular formula is C50H89N15O15S3. The number of nitrogens with one attached hydrogen (secondary N) is 9. The van der Waals surface area contributed by atoms with Crippen molar-refractivity contribution in [1.29, 1.82) is 0 Å². The molecule has 33 heteroatoms. The fourth-order valence-electron chi connectivity index (χ4n) is 8.40. The molecule has 83 heavy (non-hydrogen) atoms. The number of guanidine groups is 1. The molecule has 11 atom stereocenters. The SMILES string of the molecule is CSCC[C@H](NC(=O)[C@H](CS)NC(=O)CNC(=O)[C@H](CC(C)C)NC(=O)[C@H](CC(=O)O)NC(=O)[C@@H](NC(=O)[C@H](CCCCN)NC(=O)[C@@H]1CCCN1C(=O)[C@H](CS)NC(=O)[C@H](CC(C)C)NC(=O)[C@@H](N)CCCN=C(N)N)[C@@H](C)O)C(=O)O. The Bertz CT molecular complexity index is 2230. The molecule has 0 saturated carbocycles. The van der Waals surface area contributed by atoms with Crippen LogP contribution in [0.4, 0.5) is 0 Å². The predicted molar refractivity (Wildman–Crippen MR) is 315 cm³/mol. The lowest BCUT2D eigenvalue weighted by Gasteiger charge is -2.31. The number of amides is 10. The Morgan fingerprint density at radius 1 is 0.639 bits per heavy atom. The number of unbranched alkanes of at least 4 members (excludes halogenated alkanes) is 1. The quantitative estimate of drug-likeness (QED) is 0.0118. The molecule has 1 saturated heterocycles. The molecule has 30 nitrogen and oxygen atoms in total. The van der Waals surface area contributed by atoms with Gasteiger partial charge in [0.2, 0.25) is 59.1 Å². The predicted octanol–water partition coefficient (Wildman–Crippen LogP) is -4.87. The number of thioether (sulfide) groups is 1. The van der Waals surface area contributed by atoms with Gasteiger partial charge in [-0.1, -0.05) is 27.7 Å². The maximum Gasteiger partial charge on any atom is 0.326 e. The second-order valence-corrected chi connectivity index (χ2v) is 22.5. The van der Waals surface area contributed by atoms with Crippen LogP contribution < -0.4 is 70.8 Å². The molecule has 0 unspecified atom stereocenters. The highest BCUT2D eigenvalue weighted by molar-refractivity contribution is 7.98. The zero-order chi connectivity index (χ0) is 63.1. The van der Waals surface area contributed by atoms with E-state index in [1.165, 1.54) is 16.7 Å². The Morgan fingerprint density at radius 3 is 1.72 bits per heavy atom. The number of aliphatic hydroxyl groups is 1. The van der Waals surface area contributed by atoms with Gasteiger partial charge in [-0.25, -0.2) is 4.79 Å². The lowest BCUT2D eigenvalue weighted by molar-refractivity contribution is -0.143. The Kier molecular flexibility index (Phi) is 35.5. The van der Waals surface area contributed by atoms with E-state index in [-0.39, 0.29) is 93.9 Å². The normalized spacial score (nSPS) is 16.6. The van der Waals surface area contributed by atoms with E-state index in [9.17, 15) is 72.9 Å². The molecule has 0 aromatic carbocycles. The van der Waals surface area contributed by atoms with Crippen LogP contribution in [0, 0.1) is 11.8 Å². The largest absolute Gasteiger partial charge is 0.481 e. The number of aliphatic carboxylic acids is 2. The van der Waals surface area contributed by atoms with Gasteiger partial charge in [0, 0.05) is 24.6 Å². The third-order valence-electron chi connectivity index (χ3n) is 12.8. The number of carboxylic acid groups (broad SMARTS) is 2. The number of carbonyl (C=O) groups is 12. The highest BCUT2D eigenvalue weighted by atomic mass is 32.2. The van der Waals surface area contributed by atoms with Gasteiger partial charge in [-0.15, -0.1) is 0 Å². The van der Waals surface area contributed by atoms with Gasteiger partial charge in [-0.2, -0.15) is 37.0 Å². The molecule has 1 rings (SSSR count). The molecule has 0 aromatic heterocycles. The van der Waals surface area contributed by atoms with Crippen LogP contribution in [0.15, 0.2) is 4.99 Å². The van der Waals surface area contributed by atoms with Gasteiger partial charge < -0.3 is 91.0 Å². The minimum absolute atomic E-state index is 0.0520. The van der Waals surface area contributed by atoms with Gasteiger partial charge in [-0.05, 0) is 102 Å². The molecule has 0 radical (unpaired) electrons. The topological polar surface area (TPSA) is 493 Å². The van der Waals surface area contributed by atoms with Gasteiger partial charge >= 0.3 is 11.9 Å².